The van der Waals surface area contributed by atoms with Gasteiger partial charge in [-0.25, -0.2) is 4.79 Å². The Morgan fingerprint density at radius 2 is 1.43 bits per heavy atom. The maximum Gasteiger partial charge on any atom is 0.407 e. The first-order valence-electron chi connectivity index (χ1n) is 17.8. The number of allylic oxidation sites excluding steroid dienone is 4. The van der Waals surface area contributed by atoms with E-state index in [9.17, 15) is 9.59 Å². The summed E-state index contributed by atoms with van der Waals surface area (Å²) in [6.45, 7) is 5.45. The topological polar surface area (TPSA) is 107 Å². The molecule has 3 N–H and O–H groups in total. The minimum Gasteiger partial charge on any atom is -0.466 e. The molecule has 1 aliphatic rings. The number of rotatable bonds is 29. The zero-order valence-electron chi connectivity index (χ0n) is 27.9. The Kier molecular flexibility index (Phi) is 29.6. The molecule has 0 aliphatic heterocycles. The lowest BCUT2D eigenvalue weighted by Gasteiger charge is -2.18. The van der Waals surface area contributed by atoms with E-state index in [1.807, 2.05) is 0 Å². The van der Waals surface area contributed by atoms with E-state index in [0.29, 0.717) is 45.8 Å². The number of hydrogen-bond donors (Lipinski definition) is 3. The predicted octanol–water partition coefficient (Wildman–Crippen LogP) is 8.00. The fourth-order valence-corrected chi connectivity index (χ4v) is 4.94. The quantitative estimate of drug-likeness (QED) is 0.0333. The maximum absolute atomic E-state index is 11.9. The van der Waals surface area contributed by atoms with Gasteiger partial charge in [-0.3, -0.25) is 14.5 Å². The lowest BCUT2D eigenvalue weighted by Crippen LogP contribution is -2.32. The molecule has 0 heterocycles. The maximum atomic E-state index is 11.9. The van der Waals surface area contributed by atoms with Crippen LogP contribution in [0.2, 0.25) is 0 Å². The summed E-state index contributed by atoms with van der Waals surface area (Å²) in [7, 11) is 0. The first-order valence-corrected chi connectivity index (χ1v) is 17.8. The Labute approximate surface area is 268 Å². The first-order chi connectivity index (χ1) is 21.7. The molecule has 1 atom stereocenters. The number of carbonyl (C=O) groups is 2. The van der Waals surface area contributed by atoms with Gasteiger partial charge in [0.1, 0.15) is 6.10 Å². The average molecular weight is 624 g/mol. The molecule has 1 unspecified atom stereocenters. The van der Waals surface area contributed by atoms with E-state index in [0.717, 1.165) is 57.9 Å². The van der Waals surface area contributed by atoms with E-state index in [1.165, 1.54) is 70.6 Å². The van der Waals surface area contributed by atoms with Crippen molar-refractivity contribution in [2.45, 2.75) is 148 Å². The molecule has 9 nitrogen and oxygen atoms in total. The van der Waals surface area contributed by atoms with Crippen LogP contribution in [0.15, 0.2) is 24.3 Å². The van der Waals surface area contributed by atoms with Crippen LogP contribution in [-0.2, 0) is 23.9 Å². The van der Waals surface area contributed by atoms with E-state index < -0.39 is 0 Å². The third-order valence-corrected chi connectivity index (χ3v) is 7.59. The predicted molar refractivity (Wildman–Crippen MR) is 178 cm³/mol. The summed E-state index contributed by atoms with van der Waals surface area (Å²) in [6, 6.07) is 0. The van der Waals surface area contributed by atoms with Crippen LogP contribution >= 0.6 is 0 Å². The standard InChI is InChI=1S/C35H65N3O6/c1-2-3-4-5-6-7-8-9-10-11-12-13-14-18-21-26-34(39)41-30-23-31-42-38-43-32-29-36-27-22-28-37-35(40)44-33-24-19-16-15-17-20-25-33/h9-10,15-16,33,36,38H,2-8,11-14,17-32H2,1H3,(H,37,40)/b10-9-,16-15+. The van der Waals surface area contributed by atoms with Gasteiger partial charge in [0.05, 0.1) is 19.8 Å². The molecular formula is C35H65N3O6. The fourth-order valence-electron chi connectivity index (χ4n) is 4.94. The molecule has 256 valence electrons. The van der Waals surface area contributed by atoms with Crippen molar-refractivity contribution < 1.29 is 28.7 Å². The molecule has 0 aromatic rings. The number of unbranched alkanes of at least 4 members (excludes halogenated alkanes) is 11. The van der Waals surface area contributed by atoms with E-state index in [2.05, 4.69) is 47.5 Å². The van der Waals surface area contributed by atoms with Crippen LogP contribution < -0.4 is 16.3 Å². The van der Waals surface area contributed by atoms with Crippen molar-refractivity contribution in [3.8, 4) is 0 Å². The van der Waals surface area contributed by atoms with Gasteiger partial charge < -0.3 is 20.1 Å². The summed E-state index contributed by atoms with van der Waals surface area (Å²) in [5, 5.41) is 6.07. The number of hydrogen-bond acceptors (Lipinski definition) is 8. The monoisotopic (exact) mass is 623 g/mol. The van der Waals surface area contributed by atoms with Crippen LogP contribution in [0.1, 0.15) is 142 Å². The van der Waals surface area contributed by atoms with Crippen LogP contribution in [0.5, 0.6) is 0 Å². The van der Waals surface area contributed by atoms with Gasteiger partial charge in [-0.15, -0.1) is 0 Å². The summed E-state index contributed by atoms with van der Waals surface area (Å²) in [4.78, 5) is 34.2. The van der Waals surface area contributed by atoms with Gasteiger partial charge in [0, 0.05) is 25.9 Å². The van der Waals surface area contributed by atoms with E-state index in [-0.39, 0.29) is 18.2 Å². The summed E-state index contributed by atoms with van der Waals surface area (Å²) in [5.41, 5.74) is 2.46. The lowest BCUT2D eigenvalue weighted by atomic mass is 10.0. The molecule has 0 spiro atoms. The third kappa shape index (κ3) is 28.8. The Bertz CT molecular complexity index is 719. The normalized spacial score (nSPS) is 16.0. The fraction of sp³-hybridized carbons (Fsp3) is 0.829. The first kappa shape index (κ1) is 40.1. The lowest BCUT2D eigenvalue weighted by molar-refractivity contribution is -0.172. The third-order valence-electron chi connectivity index (χ3n) is 7.59. The van der Waals surface area contributed by atoms with Crippen molar-refractivity contribution in [1.82, 2.24) is 16.3 Å². The summed E-state index contributed by atoms with van der Waals surface area (Å²) >= 11 is 0. The Morgan fingerprint density at radius 3 is 2.23 bits per heavy atom. The second-order valence-electron chi connectivity index (χ2n) is 11.7. The number of alkyl carbamates (subject to hydrolysis) is 1. The van der Waals surface area contributed by atoms with Gasteiger partial charge in [0.2, 0.25) is 0 Å². The zero-order valence-corrected chi connectivity index (χ0v) is 27.9. The van der Waals surface area contributed by atoms with E-state index >= 15 is 0 Å². The molecule has 0 aromatic carbocycles. The van der Waals surface area contributed by atoms with Crippen LogP contribution in [0, 0.1) is 0 Å². The second-order valence-corrected chi connectivity index (χ2v) is 11.7. The summed E-state index contributed by atoms with van der Waals surface area (Å²) in [6.07, 6.45) is 31.8. The Morgan fingerprint density at radius 1 is 0.727 bits per heavy atom. The number of nitrogens with one attached hydrogen (secondary N) is 3. The van der Waals surface area contributed by atoms with Crippen molar-refractivity contribution in [3.05, 3.63) is 24.3 Å². The largest absolute Gasteiger partial charge is 0.466 e. The second kappa shape index (κ2) is 32.5. The zero-order chi connectivity index (χ0) is 31.6. The molecule has 44 heavy (non-hydrogen) atoms. The van der Waals surface area contributed by atoms with E-state index in [1.54, 1.807) is 0 Å². The van der Waals surface area contributed by atoms with Crippen molar-refractivity contribution in [2.24, 2.45) is 0 Å². The number of ether oxygens (including phenoxy) is 2. The minimum atomic E-state index is -0.322. The molecule has 1 rings (SSSR count). The van der Waals surface area contributed by atoms with Crippen LogP contribution in [0.3, 0.4) is 0 Å². The molecule has 0 bridgehead atoms. The molecular weight excluding hydrogens is 558 g/mol. The summed E-state index contributed by atoms with van der Waals surface area (Å²) < 4.78 is 10.8. The van der Waals surface area contributed by atoms with Crippen LogP contribution in [0.25, 0.3) is 0 Å². The van der Waals surface area contributed by atoms with Crippen molar-refractivity contribution in [3.63, 3.8) is 0 Å². The Balaban J connectivity index is 1.74. The van der Waals surface area contributed by atoms with Crippen molar-refractivity contribution in [2.75, 3.05) is 39.5 Å². The number of esters is 1. The average Bonchev–Trinajstić information content (AvgIpc) is 3.00. The van der Waals surface area contributed by atoms with Crippen LogP contribution in [-0.4, -0.2) is 57.6 Å². The number of carbonyl (C=O) groups excluding carboxylic acids is 2. The van der Waals surface area contributed by atoms with Gasteiger partial charge in [-0.2, -0.15) is 0 Å². The van der Waals surface area contributed by atoms with Crippen molar-refractivity contribution >= 4 is 12.1 Å². The van der Waals surface area contributed by atoms with Gasteiger partial charge in [0.25, 0.3) is 0 Å². The van der Waals surface area contributed by atoms with Crippen molar-refractivity contribution in [1.29, 1.82) is 0 Å². The molecule has 0 fully saturated rings. The van der Waals surface area contributed by atoms with E-state index in [4.69, 9.17) is 19.1 Å². The van der Waals surface area contributed by atoms with Gasteiger partial charge in [0.15, 0.2) is 0 Å². The number of amides is 1. The highest BCUT2D eigenvalue weighted by atomic mass is 16.9. The molecule has 1 amide bonds. The molecule has 0 saturated carbocycles. The smallest absolute Gasteiger partial charge is 0.407 e. The highest BCUT2D eigenvalue weighted by molar-refractivity contribution is 5.69. The van der Waals surface area contributed by atoms with Gasteiger partial charge in [-0.05, 0) is 77.2 Å². The van der Waals surface area contributed by atoms with Gasteiger partial charge >= 0.3 is 12.1 Å². The molecule has 0 radical (unpaired) electrons. The molecule has 1 aliphatic carbocycles. The highest BCUT2D eigenvalue weighted by Gasteiger charge is 2.14. The van der Waals surface area contributed by atoms with Crippen LogP contribution in [0.4, 0.5) is 4.79 Å². The SMILES string of the molecule is CCCCCCCC/C=C\CCCCCCCC(=O)OCCCONOCCNCCCNC(=O)OC1CC/C=C/CCC1. The minimum absolute atomic E-state index is 0.0203. The van der Waals surface area contributed by atoms with Gasteiger partial charge in [-0.1, -0.05) is 88.2 Å². The summed E-state index contributed by atoms with van der Waals surface area (Å²) in [5.74, 6) is -0.127. The molecule has 0 aromatic heterocycles. The highest BCUT2D eigenvalue weighted by Crippen LogP contribution is 2.15. The molecule has 0 saturated heterocycles. The molecule has 9 heteroatoms. The Hall–Kier alpha value is -1.94.